The van der Waals surface area contributed by atoms with E-state index in [-0.39, 0.29) is 18.8 Å². The number of halogens is 2. The maximum atomic E-state index is 13.3. The van der Waals surface area contributed by atoms with Gasteiger partial charge in [0.1, 0.15) is 12.4 Å². The normalized spacial score (nSPS) is 23.4. The van der Waals surface area contributed by atoms with E-state index in [1.54, 1.807) is 6.92 Å². The smallest absolute Gasteiger partial charge is 0.227 e. The number of benzene rings is 1. The molecule has 0 saturated carbocycles. The molecule has 0 aliphatic carbocycles. The summed E-state index contributed by atoms with van der Waals surface area (Å²) < 4.78 is 31.4. The summed E-state index contributed by atoms with van der Waals surface area (Å²) >= 11 is 0. The molecule has 1 atom stereocenters. The fourth-order valence-electron chi connectivity index (χ4n) is 1.77. The van der Waals surface area contributed by atoms with Crippen molar-refractivity contribution in [3.05, 3.63) is 29.3 Å². The van der Waals surface area contributed by atoms with Gasteiger partial charge in [0.15, 0.2) is 11.6 Å². The van der Waals surface area contributed by atoms with Crippen molar-refractivity contribution in [2.45, 2.75) is 13.3 Å². The van der Waals surface area contributed by atoms with E-state index in [1.807, 2.05) is 0 Å². The second-order valence-corrected chi connectivity index (χ2v) is 4.27. The molecule has 1 aliphatic rings. The quantitative estimate of drug-likeness (QED) is 0.788. The van der Waals surface area contributed by atoms with Crippen LogP contribution in [-0.4, -0.2) is 12.5 Å². The zero-order chi connectivity index (χ0) is 11.9. The molecule has 0 fully saturated rings. The van der Waals surface area contributed by atoms with E-state index in [9.17, 15) is 13.6 Å². The number of nitrogens with two attached hydrogens (primary N) is 1. The summed E-state index contributed by atoms with van der Waals surface area (Å²) in [5.74, 6) is -1.96. The molecule has 1 unspecified atom stereocenters. The first-order valence-corrected chi connectivity index (χ1v) is 4.83. The molecule has 2 rings (SSSR count). The summed E-state index contributed by atoms with van der Waals surface area (Å²) in [6.45, 7) is 1.62. The van der Waals surface area contributed by atoms with Crippen LogP contribution in [0.2, 0.25) is 0 Å². The minimum Gasteiger partial charge on any atom is -0.489 e. The first kappa shape index (κ1) is 10.9. The van der Waals surface area contributed by atoms with E-state index in [1.165, 1.54) is 6.07 Å². The van der Waals surface area contributed by atoms with Crippen molar-refractivity contribution in [3.8, 4) is 5.75 Å². The minimum absolute atomic E-state index is 0.0118. The predicted molar refractivity (Wildman–Crippen MR) is 52.9 cm³/mol. The molecule has 1 aliphatic heterocycles. The molecule has 0 bridgehead atoms. The van der Waals surface area contributed by atoms with Gasteiger partial charge in [-0.25, -0.2) is 8.78 Å². The van der Waals surface area contributed by atoms with E-state index in [0.717, 1.165) is 6.07 Å². The lowest BCUT2D eigenvalue weighted by molar-refractivity contribution is -0.129. The Hall–Kier alpha value is -1.65. The van der Waals surface area contributed by atoms with E-state index in [0.29, 0.717) is 5.56 Å². The minimum atomic E-state index is -0.909. The third kappa shape index (κ3) is 1.62. The highest BCUT2D eigenvalue weighted by Crippen LogP contribution is 2.36. The number of carbonyl (C=O) groups is 1. The third-order valence-corrected chi connectivity index (χ3v) is 2.80. The van der Waals surface area contributed by atoms with Gasteiger partial charge < -0.3 is 10.5 Å². The lowest BCUT2D eigenvalue weighted by Gasteiger charge is -2.32. The molecule has 0 aromatic heterocycles. The van der Waals surface area contributed by atoms with Gasteiger partial charge in [0.2, 0.25) is 5.91 Å². The fraction of sp³-hybridized carbons (Fsp3) is 0.364. The Kier molecular flexibility index (Phi) is 2.33. The third-order valence-electron chi connectivity index (χ3n) is 2.80. The average molecular weight is 227 g/mol. The van der Waals surface area contributed by atoms with Crippen LogP contribution in [0.3, 0.4) is 0 Å². The molecule has 5 heteroatoms. The summed E-state index contributed by atoms with van der Waals surface area (Å²) in [5, 5.41) is 0. The van der Waals surface area contributed by atoms with Gasteiger partial charge in [0, 0.05) is 11.6 Å². The van der Waals surface area contributed by atoms with Crippen molar-refractivity contribution in [1.29, 1.82) is 0 Å². The summed E-state index contributed by atoms with van der Waals surface area (Å²) in [7, 11) is 0. The summed E-state index contributed by atoms with van der Waals surface area (Å²) in [6.07, 6.45) is 0.187. The van der Waals surface area contributed by atoms with Gasteiger partial charge in [-0.2, -0.15) is 0 Å². The molecule has 1 heterocycles. The van der Waals surface area contributed by atoms with Gasteiger partial charge in [-0.15, -0.1) is 0 Å². The van der Waals surface area contributed by atoms with Gasteiger partial charge in [-0.3, -0.25) is 4.79 Å². The van der Waals surface area contributed by atoms with E-state index >= 15 is 0 Å². The Morgan fingerprint density at radius 3 is 2.81 bits per heavy atom. The molecule has 3 nitrogen and oxygen atoms in total. The lowest BCUT2D eigenvalue weighted by Crippen LogP contribution is -2.43. The van der Waals surface area contributed by atoms with Crippen LogP contribution in [-0.2, 0) is 11.2 Å². The Morgan fingerprint density at radius 1 is 1.50 bits per heavy atom. The van der Waals surface area contributed by atoms with Gasteiger partial charge in [-0.05, 0) is 19.4 Å². The lowest BCUT2D eigenvalue weighted by atomic mass is 9.81. The first-order valence-electron chi connectivity index (χ1n) is 4.83. The molecule has 0 saturated heterocycles. The van der Waals surface area contributed by atoms with Crippen molar-refractivity contribution in [1.82, 2.24) is 0 Å². The predicted octanol–water partition coefficient (Wildman–Crippen LogP) is 1.39. The van der Waals surface area contributed by atoms with Gasteiger partial charge >= 0.3 is 0 Å². The van der Waals surface area contributed by atoms with Gasteiger partial charge in [0.25, 0.3) is 0 Å². The SMILES string of the molecule is CC1(C(N)=O)COc2c(F)cc(F)cc2C1. The number of carbonyl (C=O) groups excluding carboxylic acids is 1. The van der Waals surface area contributed by atoms with Crippen LogP contribution in [0.5, 0.6) is 5.75 Å². The highest BCUT2D eigenvalue weighted by atomic mass is 19.1. The fourth-order valence-corrected chi connectivity index (χ4v) is 1.77. The number of rotatable bonds is 1. The van der Waals surface area contributed by atoms with Crippen molar-refractivity contribution in [2.24, 2.45) is 11.1 Å². The van der Waals surface area contributed by atoms with E-state index in [4.69, 9.17) is 10.5 Å². The number of ether oxygens (including phenoxy) is 1. The van der Waals surface area contributed by atoms with Crippen LogP contribution in [0.4, 0.5) is 8.78 Å². The summed E-state index contributed by atoms with van der Waals surface area (Å²) in [5.41, 5.74) is 4.66. The highest BCUT2D eigenvalue weighted by Gasteiger charge is 2.38. The van der Waals surface area contributed by atoms with Crippen LogP contribution in [0, 0.1) is 17.0 Å². The maximum Gasteiger partial charge on any atom is 0.227 e. The molecular formula is C11H11F2NO2. The summed E-state index contributed by atoms with van der Waals surface area (Å²) in [6, 6.07) is 1.92. The Morgan fingerprint density at radius 2 is 2.19 bits per heavy atom. The largest absolute Gasteiger partial charge is 0.489 e. The number of primary amides is 1. The van der Waals surface area contributed by atoms with Crippen molar-refractivity contribution >= 4 is 5.91 Å². The Labute approximate surface area is 91.2 Å². The first-order chi connectivity index (χ1) is 7.42. The zero-order valence-corrected chi connectivity index (χ0v) is 8.72. The maximum absolute atomic E-state index is 13.3. The van der Waals surface area contributed by atoms with Crippen LogP contribution in [0.25, 0.3) is 0 Å². The molecule has 1 amide bonds. The number of amides is 1. The second kappa shape index (κ2) is 3.43. The Balaban J connectivity index is 2.44. The second-order valence-electron chi connectivity index (χ2n) is 4.27. The van der Waals surface area contributed by atoms with E-state index < -0.39 is 23.0 Å². The summed E-state index contributed by atoms with van der Waals surface area (Å²) in [4.78, 5) is 11.2. The van der Waals surface area contributed by atoms with Crippen LogP contribution in [0.1, 0.15) is 12.5 Å². The van der Waals surface area contributed by atoms with Crippen LogP contribution >= 0.6 is 0 Å². The number of fused-ring (bicyclic) bond motifs is 1. The zero-order valence-electron chi connectivity index (χ0n) is 8.72. The van der Waals surface area contributed by atoms with Gasteiger partial charge in [-0.1, -0.05) is 0 Å². The monoisotopic (exact) mass is 227 g/mol. The number of hydrogen-bond donors (Lipinski definition) is 1. The highest BCUT2D eigenvalue weighted by molar-refractivity contribution is 5.81. The molecule has 2 N–H and O–H groups in total. The topological polar surface area (TPSA) is 52.3 Å². The van der Waals surface area contributed by atoms with Crippen LogP contribution < -0.4 is 10.5 Å². The van der Waals surface area contributed by atoms with E-state index in [2.05, 4.69) is 0 Å². The van der Waals surface area contributed by atoms with Crippen molar-refractivity contribution < 1.29 is 18.3 Å². The van der Waals surface area contributed by atoms with Crippen molar-refractivity contribution in [2.75, 3.05) is 6.61 Å². The van der Waals surface area contributed by atoms with Gasteiger partial charge in [0.05, 0.1) is 5.41 Å². The number of hydrogen-bond acceptors (Lipinski definition) is 2. The molecule has 1 aromatic carbocycles. The molecule has 16 heavy (non-hydrogen) atoms. The molecule has 0 spiro atoms. The van der Waals surface area contributed by atoms with Crippen molar-refractivity contribution in [3.63, 3.8) is 0 Å². The molecule has 86 valence electrons. The molecule has 0 radical (unpaired) electrons. The standard InChI is InChI=1S/C11H11F2NO2/c1-11(10(14)15)4-6-2-7(12)3-8(13)9(6)16-5-11/h2-3H,4-5H2,1H3,(H2,14,15). The average Bonchev–Trinajstić information content (AvgIpc) is 2.16. The molecule has 1 aromatic rings. The Bertz CT molecular complexity index is 462. The van der Waals surface area contributed by atoms with Crippen LogP contribution in [0.15, 0.2) is 12.1 Å². The molecular weight excluding hydrogens is 216 g/mol.